The minimum Gasteiger partial charge on any atom is -0.464 e. The van der Waals surface area contributed by atoms with Crippen LogP contribution in [0.5, 0.6) is 0 Å². The third kappa shape index (κ3) is 6.63. The van der Waals surface area contributed by atoms with E-state index in [2.05, 4.69) is 176 Å². The van der Waals surface area contributed by atoms with Gasteiger partial charge in [-0.3, -0.25) is 9.98 Å². The zero-order valence-electron chi connectivity index (χ0n) is 31.8. The number of pyridine rings is 1. The average molecular weight is 718 g/mol. The predicted octanol–water partition coefficient (Wildman–Crippen LogP) is 11.3. The number of aromatic nitrogens is 1. The van der Waals surface area contributed by atoms with Gasteiger partial charge < -0.3 is 9.64 Å². The molecule has 0 N–H and O–H groups in total. The summed E-state index contributed by atoms with van der Waals surface area (Å²) in [4.78, 5) is 24.7. The number of hydrogen-bond acceptors (Lipinski definition) is 5. The summed E-state index contributed by atoms with van der Waals surface area (Å²) < 4.78 is 5.08. The summed E-state index contributed by atoms with van der Waals surface area (Å²) in [6.45, 7) is 6.50. The van der Waals surface area contributed by atoms with Crippen molar-refractivity contribution in [2.45, 2.75) is 32.9 Å². The third-order valence-corrected chi connectivity index (χ3v) is 10.8. The number of benzene rings is 5. The van der Waals surface area contributed by atoms with Crippen molar-refractivity contribution in [3.63, 3.8) is 0 Å². The molecule has 6 aromatic rings. The van der Waals surface area contributed by atoms with E-state index in [1.807, 2.05) is 12.3 Å². The molecule has 0 bridgehead atoms. The molecule has 2 aliphatic rings. The third-order valence-electron chi connectivity index (χ3n) is 10.8. The van der Waals surface area contributed by atoms with E-state index >= 15 is 0 Å². The van der Waals surface area contributed by atoms with E-state index in [0.717, 1.165) is 55.4 Å². The Hall–Kier alpha value is -6.59. The Balaban J connectivity index is 1.38. The van der Waals surface area contributed by atoms with Crippen molar-refractivity contribution in [3.05, 3.63) is 191 Å². The van der Waals surface area contributed by atoms with E-state index < -0.39 is 5.97 Å². The maximum atomic E-state index is 12.7. The van der Waals surface area contributed by atoms with Gasteiger partial charge in [0.1, 0.15) is 5.71 Å². The van der Waals surface area contributed by atoms with Gasteiger partial charge in [0.05, 0.1) is 18.8 Å². The van der Waals surface area contributed by atoms with Gasteiger partial charge in [-0.05, 0) is 101 Å². The normalized spacial score (nSPS) is 16.9. The molecule has 0 amide bonds. The Morgan fingerprint density at radius 1 is 0.836 bits per heavy atom. The summed E-state index contributed by atoms with van der Waals surface area (Å²) in [5.41, 5.74) is 14.7. The molecule has 0 spiro atoms. The fourth-order valence-electron chi connectivity index (χ4n) is 8.07. The van der Waals surface area contributed by atoms with Crippen molar-refractivity contribution >= 4 is 39.3 Å². The van der Waals surface area contributed by atoms with Crippen molar-refractivity contribution in [2.75, 3.05) is 14.2 Å². The number of methoxy groups -OCH3 is 1. The Morgan fingerprint density at radius 3 is 2.35 bits per heavy atom. The van der Waals surface area contributed by atoms with Crippen LogP contribution in [-0.4, -0.2) is 41.8 Å². The highest BCUT2D eigenvalue weighted by Crippen LogP contribution is 2.53. The average Bonchev–Trinajstić information content (AvgIpc) is 3.57. The second-order valence-electron chi connectivity index (χ2n) is 14.2. The number of ether oxygens (including phenoxy) is 1. The van der Waals surface area contributed by atoms with E-state index in [1.165, 1.54) is 35.1 Å². The van der Waals surface area contributed by atoms with Crippen molar-refractivity contribution in [2.24, 2.45) is 4.99 Å². The summed E-state index contributed by atoms with van der Waals surface area (Å²) in [6.07, 6.45) is 12.6. The second-order valence-corrected chi connectivity index (χ2v) is 14.2. The van der Waals surface area contributed by atoms with Crippen LogP contribution in [0.25, 0.3) is 50.0 Å². The molecule has 2 atom stereocenters. The molecule has 0 fully saturated rings. The highest BCUT2D eigenvalue weighted by Gasteiger charge is 2.41. The molecule has 0 radical (unpaired) electrons. The first kappa shape index (κ1) is 35.4. The number of aliphatic imine (C=N–C) groups is 1. The summed E-state index contributed by atoms with van der Waals surface area (Å²) in [6, 6.07) is 43.0. The quantitative estimate of drug-likeness (QED) is 0.0893. The zero-order valence-corrected chi connectivity index (χ0v) is 31.8. The van der Waals surface area contributed by atoms with Gasteiger partial charge in [-0.2, -0.15) is 0 Å². The molecule has 0 aliphatic carbocycles. The Bertz CT molecular complexity index is 2590. The van der Waals surface area contributed by atoms with E-state index in [0.29, 0.717) is 0 Å². The fourth-order valence-corrected chi connectivity index (χ4v) is 8.07. The summed E-state index contributed by atoms with van der Waals surface area (Å²) in [5, 5.41) is 2.28. The van der Waals surface area contributed by atoms with Gasteiger partial charge in [-0.1, -0.05) is 127 Å². The number of nitrogens with zero attached hydrogens (tertiary/aromatic N) is 3. The maximum absolute atomic E-state index is 12.7. The van der Waals surface area contributed by atoms with Gasteiger partial charge in [0.2, 0.25) is 0 Å². The molecule has 1 aromatic heterocycles. The number of esters is 1. The van der Waals surface area contributed by atoms with Crippen molar-refractivity contribution < 1.29 is 9.53 Å². The van der Waals surface area contributed by atoms with Gasteiger partial charge in [0, 0.05) is 41.5 Å². The van der Waals surface area contributed by atoms with Gasteiger partial charge in [0.15, 0.2) is 0 Å². The van der Waals surface area contributed by atoms with Crippen LogP contribution < -0.4 is 0 Å². The predicted molar refractivity (Wildman–Crippen MR) is 227 cm³/mol. The van der Waals surface area contributed by atoms with E-state index in [4.69, 9.17) is 9.72 Å². The topological polar surface area (TPSA) is 54.8 Å². The smallest absolute Gasteiger partial charge is 0.356 e. The summed E-state index contributed by atoms with van der Waals surface area (Å²) >= 11 is 0. The van der Waals surface area contributed by atoms with Crippen LogP contribution in [-0.2, 0) is 9.53 Å². The Kier molecular flexibility index (Phi) is 9.69. The first-order valence-electron chi connectivity index (χ1n) is 18.7. The second kappa shape index (κ2) is 15.0. The summed E-state index contributed by atoms with van der Waals surface area (Å²) in [5.74, 6) is -0.475. The van der Waals surface area contributed by atoms with Gasteiger partial charge in [-0.15, -0.1) is 0 Å². The number of carbonyl (C=O) groups is 1. The lowest BCUT2D eigenvalue weighted by molar-refractivity contribution is -0.132. The van der Waals surface area contributed by atoms with E-state index in [9.17, 15) is 4.79 Å². The highest BCUT2D eigenvalue weighted by atomic mass is 16.5. The lowest BCUT2D eigenvalue weighted by Gasteiger charge is -2.36. The highest BCUT2D eigenvalue weighted by molar-refractivity contribution is 6.42. The zero-order chi connectivity index (χ0) is 38.1. The molecular formula is C50H43N3O2. The first-order chi connectivity index (χ1) is 26.9. The maximum Gasteiger partial charge on any atom is 0.356 e. The molecular weight excluding hydrogens is 675 g/mol. The van der Waals surface area contributed by atoms with Gasteiger partial charge in [0.25, 0.3) is 0 Å². The molecule has 2 aliphatic heterocycles. The Morgan fingerprint density at radius 2 is 1.56 bits per heavy atom. The fraction of sp³-hybridized carbons (Fsp3) is 0.140. The molecule has 5 aromatic carbocycles. The molecule has 5 nitrogen and oxygen atoms in total. The lowest BCUT2D eigenvalue weighted by Crippen LogP contribution is -2.32. The number of hydrogen-bond donors (Lipinski definition) is 0. The molecule has 2 unspecified atom stereocenters. The molecule has 0 saturated heterocycles. The van der Waals surface area contributed by atoms with Crippen LogP contribution in [0.4, 0.5) is 0 Å². The number of rotatable bonds is 8. The van der Waals surface area contributed by atoms with Crippen LogP contribution in [0.3, 0.4) is 0 Å². The van der Waals surface area contributed by atoms with Crippen LogP contribution in [0, 0.1) is 6.92 Å². The van der Waals surface area contributed by atoms with Crippen LogP contribution in [0.1, 0.15) is 53.3 Å². The number of fused-ring (bicyclic) bond motifs is 4. The standard InChI is InChI=1S/C50H43N3O2/c1-32-22-24-36(25-23-32)38(31-45(51-4)50(54)55-5)28-33(2)40-18-11-12-20-42(40)49-47-43(46-21-13-14-34(3)53(46)49)29-39(35-15-7-6-8-16-35)30-44(47)48-41-19-10-9-17-37(41)26-27-52-48/h6-31,34,49H,1-5H3/b33-28+,38-31+,51-45?. The lowest BCUT2D eigenvalue weighted by atomic mass is 9.84. The first-order valence-corrected chi connectivity index (χ1v) is 18.7. The number of carbonyl (C=O) groups excluding carboxylic acids is 1. The SMILES string of the molecule is CN=C(/C=C(\C=C(/C)c1ccccc1C1c2c(cc(-c3ccccc3)cc2-c2nccc3ccccc23)C2=CC=CC(C)N21)c1ccc(C)cc1)C(=O)OC. The van der Waals surface area contributed by atoms with Crippen LogP contribution in [0.2, 0.25) is 0 Å². The van der Waals surface area contributed by atoms with Gasteiger partial charge in [-0.25, -0.2) is 4.79 Å². The minimum absolute atomic E-state index is 0.115. The van der Waals surface area contributed by atoms with Crippen molar-refractivity contribution in [1.82, 2.24) is 9.88 Å². The van der Waals surface area contributed by atoms with Crippen molar-refractivity contribution in [1.29, 1.82) is 0 Å². The molecule has 270 valence electrons. The molecule has 5 heteroatoms. The molecule has 8 rings (SSSR count). The summed E-state index contributed by atoms with van der Waals surface area (Å²) in [7, 11) is 3.00. The van der Waals surface area contributed by atoms with E-state index in [1.54, 1.807) is 7.05 Å². The van der Waals surface area contributed by atoms with Crippen LogP contribution in [0.15, 0.2) is 163 Å². The monoisotopic (exact) mass is 717 g/mol. The molecule has 55 heavy (non-hydrogen) atoms. The van der Waals surface area contributed by atoms with Crippen molar-refractivity contribution in [3.8, 4) is 22.4 Å². The largest absolute Gasteiger partial charge is 0.464 e. The van der Waals surface area contributed by atoms with Gasteiger partial charge >= 0.3 is 5.97 Å². The molecule has 3 heterocycles. The Labute approximate surface area is 323 Å². The number of aryl methyl sites for hydroxylation is 1. The minimum atomic E-state index is -0.475. The number of allylic oxidation sites excluding steroid dienone is 5. The van der Waals surface area contributed by atoms with Crippen LogP contribution >= 0.6 is 0 Å². The van der Waals surface area contributed by atoms with E-state index in [-0.39, 0.29) is 17.8 Å². The molecule has 0 saturated carbocycles.